The Labute approximate surface area is 412 Å². The van der Waals surface area contributed by atoms with Gasteiger partial charge in [0.2, 0.25) is 23.6 Å². The van der Waals surface area contributed by atoms with Crippen molar-refractivity contribution in [3.8, 4) is 45.8 Å². The van der Waals surface area contributed by atoms with Crippen LogP contribution in [0.5, 0.6) is 17.2 Å². The maximum absolute atomic E-state index is 14.9. The van der Waals surface area contributed by atoms with Crippen molar-refractivity contribution in [2.24, 2.45) is 16.6 Å². The molecule has 1 aliphatic rings. The molecule has 0 saturated carbocycles. The topological polar surface area (TPSA) is 338 Å². The predicted octanol–water partition coefficient (Wildman–Crippen LogP) is 0.685. The summed E-state index contributed by atoms with van der Waals surface area (Å²) in [7, 11) is -1.79. The fourth-order valence-corrected chi connectivity index (χ4v) is 8.25. The van der Waals surface area contributed by atoms with Crippen LogP contribution >= 0.6 is 0 Å². The number of hydrogen-bond donors (Lipinski definition) is 8. The van der Waals surface area contributed by atoms with E-state index in [4.69, 9.17) is 30.8 Å². The minimum atomic E-state index is -4.45. The summed E-state index contributed by atoms with van der Waals surface area (Å²) >= 11 is 0. The average molecular weight is 999 g/mol. The molecule has 71 heavy (non-hydrogen) atoms. The van der Waals surface area contributed by atoms with E-state index in [2.05, 4.69) is 56.7 Å². The minimum absolute atomic E-state index is 0.0109. The first-order chi connectivity index (χ1) is 33.5. The number of carbonyl (C=O) groups is 5. The number of nitrogens with zero attached hydrogens (tertiary/aromatic N) is 4. The van der Waals surface area contributed by atoms with Crippen LogP contribution in [-0.4, -0.2) is 124 Å². The van der Waals surface area contributed by atoms with E-state index in [1.165, 1.54) is 27.1 Å². The Hall–Kier alpha value is -7.23. The summed E-state index contributed by atoms with van der Waals surface area (Å²) in [5.74, 6) is -3.11. The standard InChI is InChI=1S/C48H62N12O10S/c1-26-40(27(2)56-42(55-26)29-9-12-32(13-10-29)48(4,5)6)45(63)59-36(25-54-71(52,66)67)47(65)60(7)41-30-11-14-37(69-19-16-50)33(21-30)34-22-31(38(70-20-17-51)24-39(34)68-8)23-35(44(62)53-18-15-49)58-43(61)28(3)57-46(41)64/h9-14,21-22,24,28,35-36,41,54H,16-20,23,25,50-51H2,1-8H3,(H,53,62)(H,57,64)(H,58,61)(H,59,63)(H2,52,66,67)/t28-,35-,36-,41-/m0/s1. The Balaban J connectivity index is 1.64. The van der Waals surface area contributed by atoms with Crippen LogP contribution in [0, 0.1) is 25.2 Å². The van der Waals surface area contributed by atoms with Gasteiger partial charge in [0.15, 0.2) is 5.82 Å². The average Bonchev–Trinajstić information content (AvgIpc) is 3.31. The minimum Gasteiger partial charge on any atom is -0.496 e. The van der Waals surface area contributed by atoms with Crippen molar-refractivity contribution in [2.75, 3.05) is 53.6 Å². The molecule has 4 bridgehead atoms. The number of nitrogens with two attached hydrogens (primary N) is 3. The molecule has 3 aromatic carbocycles. The molecule has 0 aliphatic carbocycles. The second kappa shape index (κ2) is 23.6. The van der Waals surface area contributed by atoms with Crippen LogP contribution in [-0.2, 0) is 41.2 Å². The number of aromatic nitrogens is 2. The molecule has 5 amide bonds. The summed E-state index contributed by atoms with van der Waals surface area (Å²) in [6.07, 6.45) is -0.167. The Morgan fingerprint density at radius 3 is 2.11 bits per heavy atom. The number of nitriles is 1. The molecule has 2 heterocycles. The van der Waals surface area contributed by atoms with E-state index in [0.717, 1.165) is 10.5 Å². The van der Waals surface area contributed by atoms with Crippen LogP contribution in [0.4, 0.5) is 0 Å². The maximum Gasteiger partial charge on any atom is 0.274 e. The molecule has 1 aliphatic heterocycles. The molecule has 380 valence electrons. The van der Waals surface area contributed by atoms with Crippen LogP contribution in [0.2, 0.25) is 0 Å². The molecule has 23 heteroatoms. The highest BCUT2D eigenvalue weighted by atomic mass is 32.2. The molecule has 0 spiro atoms. The third kappa shape index (κ3) is 13.8. The van der Waals surface area contributed by atoms with Gasteiger partial charge in [0, 0.05) is 55.9 Å². The lowest BCUT2D eigenvalue weighted by atomic mass is 9.86. The lowest BCUT2D eigenvalue weighted by molar-refractivity contribution is -0.141. The van der Waals surface area contributed by atoms with Crippen LogP contribution in [0.15, 0.2) is 54.6 Å². The van der Waals surface area contributed by atoms with Gasteiger partial charge >= 0.3 is 0 Å². The smallest absolute Gasteiger partial charge is 0.274 e. The largest absolute Gasteiger partial charge is 0.496 e. The lowest BCUT2D eigenvalue weighted by Crippen LogP contribution is -2.57. The number of hydrogen-bond acceptors (Lipinski definition) is 15. The van der Waals surface area contributed by atoms with Crippen LogP contribution in [0.25, 0.3) is 22.5 Å². The van der Waals surface area contributed by atoms with Crippen LogP contribution in [0.3, 0.4) is 0 Å². The number of methoxy groups -OCH3 is 1. The van der Waals surface area contributed by atoms with Gasteiger partial charge in [0.25, 0.3) is 16.1 Å². The van der Waals surface area contributed by atoms with Crippen molar-refractivity contribution in [3.05, 3.63) is 88.2 Å². The van der Waals surface area contributed by atoms with Gasteiger partial charge in [-0.15, -0.1) is 0 Å². The molecule has 0 fully saturated rings. The van der Waals surface area contributed by atoms with Crippen molar-refractivity contribution in [1.82, 2.24) is 40.9 Å². The van der Waals surface area contributed by atoms with Gasteiger partial charge in [-0.05, 0) is 61.1 Å². The first kappa shape index (κ1) is 54.7. The van der Waals surface area contributed by atoms with Crippen molar-refractivity contribution in [2.45, 2.75) is 77.5 Å². The molecular formula is C48H62N12O10S. The molecule has 22 nitrogen and oxygen atoms in total. The van der Waals surface area contributed by atoms with Crippen molar-refractivity contribution in [1.29, 1.82) is 5.26 Å². The Bertz CT molecular complexity index is 2770. The maximum atomic E-state index is 14.9. The Morgan fingerprint density at radius 1 is 0.915 bits per heavy atom. The summed E-state index contributed by atoms with van der Waals surface area (Å²) in [6, 6.07) is 11.4. The summed E-state index contributed by atoms with van der Waals surface area (Å²) in [6.45, 7) is 10.1. The highest BCUT2D eigenvalue weighted by Gasteiger charge is 2.37. The Kier molecular flexibility index (Phi) is 18.2. The number of carbonyl (C=O) groups excluding carboxylic acids is 5. The molecule has 0 radical (unpaired) electrons. The molecule has 0 saturated heterocycles. The van der Waals surface area contributed by atoms with Crippen molar-refractivity contribution < 1.29 is 46.6 Å². The number of rotatable bonds is 17. The molecule has 0 unspecified atom stereocenters. The number of ether oxygens (including phenoxy) is 3. The molecule has 4 atom stereocenters. The SMILES string of the molecule is COc1cc(OCCN)c2cc1-c1cc(ccc1OCCN)[C@H](N(C)C(=O)[C@H](CNS(N)(=O)=O)NC(=O)c1c(C)nc(-c3ccc(C(C)(C)C)cc3)nc1C)C(=O)N[C@@H](C)C(=O)N[C@H](C(=O)NCC#N)C2. The van der Waals surface area contributed by atoms with E-state index >= 15 is 0 Å². The number of benzene rings is 3. The zero-order valence-corrected chi connectivity index (χ0v) is 41.8. The van der Waals surface area contributed by atoms with E-state index in [-0.39, 0.29) is 84.4 Å². The van der Waals surface area contributed by atoms with Gasteiger partial charge in [-0.1, -0.05) is 51.1 Å². The molecule has 11 N–H and O–H groups in total. The number of amides is 5. The van der Waals surface area contributed by atoms with Gasteiger partial charge in [-0.2, -0.15) is 18.4 Å². The zero-order valence-electron chi connectivity index (χ0n) is 41.0. The third-order valence-corrected chi connectivity index (χ3v) is 12.0. The highest BCUT2D eigenvalue weighted by molar-refractivity contribution is 7.87. The second-order valence-corrected chi connectivity index (χ2v) is 19.1. The Morgan fingerprint density at radius 2 is 1.54 bits per heavy atom. The first-order valence-corrected chi connectivity index (χ1v) is 24.1. The van der Waals surface area contributed by atoms with E-state index in [1.54, 1.807) is 38.1 Å². The number of likely N-dealkylation sites (N-methyl/N-ethyl adjacent to an activating group) is 1. The third-order valence-electron chi connectivity index (χ3n) is 11.5. The zero-order chi connectivity index (χ0) is 52.4. The number of nitrogens with one attached hydrogen (secondary N) is 5. The fourth-order valence-electron chi connectivity index (χ4n) is 7.85. The summed E-state index contributed by atoms with van der Waals surface area (Å²) in [5.41, 5.74) is 15.1. The number of fused-ring (bicyclic) bond motifs is 5. The highest BCUT2D eigenvalue weighted by Crippen LogP contribution is 2.43. The van der Waals surface area contributed by atoms with Gasteiger partial charge in [0.05, 0.1) is 30.1 Å². The monoisotopic (exact) mass is 998 g/mol. The summed E-state index contributed by atoms with van der Waals surface area (Å²) in [4.78, 5) is 81.4. The van der Waals surface area contributed by atoms with Gasteiger partial charge in [-0.3, -0.25) is 24.0 Å². The van der Waals surface area contributed by atoms with Gasteiger partial charge in [0.1, 0.15) is 61.2 Å². The van der Waals surface area contributed by atoms with E-state index in [9.17, 15) is 37.7 Å². The van der Waals surface area contributed by atoms with Gasteiger partial charge in [-0.25, -0.2) is 15.1 Å². The van der Waals surface area contributed by atoms with Gasteiger partial charge < -0.3 is 51.8 Å². The van der Waals surface area contributed by atoms with Crippen molar-refractivity contribution >= 4 is 39.7 Å². The first-order valence-electron chi connectivity index (χ1n) is 22.6. The quantitative estimate of drug-likeness (QED) is 0.0675. The molecular weight excluding hydrogens is 937 g/mol. The molecule has 5 rings (SSSR count). The van der Waals surface area contributed by atoms with Crippen LogP contribution < -0.4 is 56.8 Å². The van der Waals surface area contributed by atoms with E-state index in [1.807, 2.05) is 30.3 Å². The second-order valence-electron chi connectivity index (χ2n) is 17.8. The normalized spacial score (nSPS) is 16.5. The number of aryl methyl sites for hydroxylation is 2. The summed E-state index contributed by atoms with van der Waals surface area (Å²) in [5, 5.41) is 24.9. The fraction of sp³-hybridized carbons (Fsp3) is 0.417. The molecule has 1 aromatic heterocycles. The lowest BCUT2D eigenvalue weighted by Gasteiger charge is -2.33. The van der Waals surface area contributed by atoms with Crippen LogP contribution in [0.1, 0.15) is 72.2 Å². The van der Waals surface area contributed by atoms with E-state index < -0.39 is 70.5 Å². The van der Waals surface area contributed by atoms with E-state index in [0.29, 0.717) is 28.1 Å². The molecule has 4 aromatic rings. The van der Waals surface area contributed by atoms with Crippen molar-refractivity contribution in [3.63, 3.8) is 0 Å². The predicted molar refractivity (Wildman–Crippen MR) is 263 cm³/mol. The summed E-state index contributed by atoms with van der Waals surface area (Å²) < 4.78 is 44.6.